The normalized spacial score (nSPS) is 20.2. The highest BCUT2D eigenvalue weighted by molar-refractivity contribution is 6.08. The quantitative estimate of drug-likeness (QED) is 0.493. The number of nitrogens with one attached hydrogen (secondary N) is 3. The third-order valence-electron chi connectivity index (χ3n) is 6.53. The fourth-order valence-corrected chi connectivity index (χ4v) is 4.79. The van der Waals surface area contributed by atoms with Gasteiger partial charge in [-0.05, 0) is 50.3 Å². The number of nitrogens with zero attached hydrogens (tertiary/aromatic N) is 2. The van der Waals surface area contributed by atoms with E-state index < -0.39 is 29.3 Å². The van der Waals surface area contributed by atoms with E-state index in [0.717, 1.165) is 55.9 Å². The average molecular weight is 443 g/mol. The summed E-state index contributed by atoms with van der Waals surface area (Å²) in [5.41, 5.74) is 8.67. The van der Waals surface area contributed by atoms with Crippen molar-refractivity contribution in [3.05, 3.63) is 23.8 Å². The summed E-state index contributed by atoms with van der Waals surface area (Å²) in [7, 11) is 0. The molecule has 1 saturated carbocycles. The SMILES string of the molecule is NC(=O)c1cc(N2CCCCC2)ccc1NCC(=O)NN1C(=O)NC2(CCCCC2)C1=O. The number of carbonyl (C=O) groups excluding carboxylic acids is 4. The first-order valence-corrected chi connectivity index (χ1v) is 11.3. The number of rotatable bonds is 6. The molecule has 3 fully saturated rings. The second-order valence-corrected chi connectivity index (χ2v) is 8.74. The van der Waals surface area contributed by atoms with Gasteiger partial charge < -0.3 is 21.3 Å². The van der Waals surface area contributed by atoms with Crippen molar-refractivity contribution in [3.8, 4) is 0 Å². The Morgan fingerprint density at radius 1 is 1.03 bits per heavy atom. The van der Waals surface area contributed by atoms with Crippen LogP contribution in [0.2, 0.25) is 0 Å². The number of hydrogen-bond acceptors (Lipinski definition) is 6. The molecule has 172 valence electrons. The van der Waals surface area contributed by atoms with Gasteiger partial charge in [0.2, 0.25) is 0 Å². The number of hydrazine groups is 1. The standard InChI is InChI=1S/C22H30N6O4/c23-19(30)16-13-15(27-11-5-2-6-12-27)7-8-17(16)24-14-18(29)26-28-20(31)22(25-21(28)32)9-3-1-4-10-22/h7-8,13,24H,1-6,9-12,14H2,(H2,23,30)(H,25,32)(H,26,29). The number of primary amides is 1. The molecule has 2 saturated heterocycles. The Hall–Kier alpha value is -3.30. The molecule has 10 heteroatoms. The van der Waals surface area contributed by atoms with Crippen LogP contribution in [-0.4, -0.2) is 53.9 Å². The first-order valence-electron chi connectivity index (χ1n) is 11.3. The number of amides is 5. The molecule has 4 rings (SSSR count). The van der Waals surface area contributed by atoms with E-state index in [2.05, 4.69) is 21.0 Å². The molecular formula is C22H30N6O4. The Labute approximate surface area is 186 Å². The number of imide groups is 1. The van der Waals surface area contributed by atoms with E-state index in [1.165, 1.54) is 6.42 Å². The second-order valence-electron chi connectivity index (χ2n) is 8.74. The monoisotopic (exact) mass is 442 g/mol. The molecule has 1 aromatic rings. The summed E-state index contributed by atoms with van der Waals surface area (Å²) in [6.07, 6.45) is 7.32. The van der Waals surface area contributed by atoms with E-state index in [1.54, 1.807) is 12.1 Å². The van der Waals surface area contributed by atoms with Gasteiger partial charge in [-0.3, -0.25) is 19.8 Å². The number of urea groups is 1. The summed E-state index contributed by atoms with van der Waals surface area (Å²) in [5.74, 6) is -1.59. The largest absolute Gasteiger partial charge is 0.375 e. The lowest BCUT2D eigenvalue weighted by Crippen LogP contribution is -2.51. The molecule has 1 aliphatic carbocycles. The van der Waals surface area contributed by atoms with E-state index in [9.17, 15) is 19.2 Å². The van der Waals surface area contributed by atoms with Gasteiger partial charge in [-0.15, -0.1) is 0 Å². The molecule has 0 aromatic heterocycles. The third-order valence-corrected chi connectivity index (χ3v) is 6.53. The van der Waals surface area contributed by atoms with Gasteiger partial charge in [0.25, 0.3) is 17.7 Å². The Morgan fingerprint density at radius 2 is 1.72 bits per heavy atom. The Kier molecular flexibility index (Phi) is 6.20. The van der Waals surface area contributed by atoms with Crippen LogP contribution in [0.3, 0.4) is 0 Å². The van der Waals surface area contributed by atoms with Crippen LogP contribution in [0.25, 0.3) is 0 Å². The zero-order valence-electron chi connectivity index (χ0n) is 18.1. The van der Waals surface area contributed by atoms with Gasteiger partial charge in [0.1, 0.15) is 5.54 Å². The van der Waals surface area contributed by atoms with Crippen molar-refractivity contribution in [1.29, 1.82) is 0 Å². The van der Waals surface area contributed by atoms with Crippen LogP contribution >= 0.6 is 0 Å². The summed E-state index contributed by atoms with van der Waals surface area (Å²) < 4.78 is 0. The molecule has 0 unspecified atom stereocenters. The molecule has 3 aliphatic rings. The van der Waals surface area contributed by atoms with Crippen molar-refractivity contribution >= 4 is 35.1 Å². The summed E-state index contributed by atoms with van der Waals surface area (Å²) in [6, 6.07) is 4.73. The highest BCUT2D eigenvalue weighted by Crippen LogP contribution is 2.33. The molecule has 10 nitrogen and oxygen atoms in total. The lowest BCUT2D eigenvalue weighted by Gasteiger charge is -2.30. The number of hydrogen-bond donors (Lipinski definition) is 4. The first kappa shape index (κ1) is 21.9. The third kappa shape index (κ3) is 4.35. The Bertz CT molecular complexity index is 921. The number of benzene rings is 1. The van der Waals surface area contributed by atoms with Crippen LogP contribution < -0.4 is 26.7 Å². The van der Waals surface area contributed by atoms with Crippen molar-refractivity contribution < 1.29 is 19.2 Å². The fraction of sp³-hybridized carbons (Fsp3) is 0.545. The second kappa shape index (κ2) is 9.05. The number of anilines is 2. The van der Waals surface area contributed by atoms with Gasteiger partial charge in [-0.25, -0.2) is 4.79 Å². The van der Waals surface area contributed by atoms with Gasteiger partial charge in [0.15, 0.2) is 0 Å². The molecule has 32 heavy (non-hydrogen) atoms. The van der Waals surface area contributed by atoms with Gasteiger partial charge in [-0.2, -0.15) is 5.01 Å². The smallest absolute Gasteiger partial charge is 0.344 e. The van der Waals surface area contributed by atoms with Gasteiger partial charge in [-0.1, -0.05) is 19.3 Å². The minimum absolute atomic E-state index is 0.229. The molecule has 1 spiro atoms. The number of piperidine rings is 1. The van der Waals surface area contributed by atoms with E-state index in [1.807, 2.05) is 6.07 Å². The van der Waals surface area contributed by atoms with Crippen LogP contribution in [0, 0.1) is 0 Å². The van der Waals surface area contributed by atoms with E-state index in [0.29, 0.717) is 18.5 Å². The lowest BCUT2D eigenvalue weighted by atomic mass is 9.82. The molecule has 0 radical (unpaired) electrons. The lowest BCUT2D eigenvalue weighted by molar-refractivity contribution is -0.139. The topological polar surface area (TPSA) is 137 Å². The maximum Gasteiger partial charge on any atom is 0.344 e. The van der Waals surface area contributed by atoms with E-state index >= 15 is 0 Å². The maximum atomic E-state index is 12.8. The number of nitrogens with two attached hydrogens (primary N) is 1. The highest BCUT2D eigenvalue weighted by atomic mass is 16.2. The molecule has 2 heterocycles. The van der Waals surface area contributed by atoms with Crippen LogP contribution in [0.1, 0.15) is 61.7 Å². The van der Waals surface area contributed by atoms with Gasteiger partial charge in [0, 0.05) is 24.5 Å². The van der Waals surface area contributed by atoms with E-state index in [4.69, 9.17) is 5.73 Å². The summed E-state index contributed by atoms with van der Waals surface area (Å²) >= 11 is 0. The molecule has 1 aromatic carbocycles. The van der Waals surface area contributed by atoms with Crippen LogP contribution in [0.15, 0.2) is 18.2 Å². The Morgan fingerprint density at radius 3 is 2.41 bits per heavy atom. The van der Waals surface area contributed by atoms with Crippen LogP contribution in [-0.2, 0) is 9.59 Å². The van der Waals surface area contributed by atoms with Crippen molar-refractivity contribution in [2.24, 2.45) is 5.73 Å². The summed E-state index contributed by atoms with van der Waals surface area (Å²) in [5, 5.41) is 6.41. The van der Waals surface area contributed by atoms with Crippen molar-refractivity contribution in [3.63, 3.8) is 0 Å². The predicted octanol–water partition coefficient (Wildman–Crippen LogP) is 1.47. The minimum Gasteiger partial charge on any atom is -0.375 e. The first-order chi connectivity index (χ1) is 15.4. The predicted molar refractivity (Wildman–Crippen MR) is 119 cm³/mol. The molecule has 0 atom stereocenters. The molecule has 0 bridgehead atoms. The van der Waals surface area contributed by atoms with Gasteiger partial charge >= 0.3 is 6.03 Å². The maximum absolute atomic E-state index is 12.8. The molecule has 5 N–H and O–H groups in total. The van der Waals surface area contributed by atoms with Crippen LogP contribution in [0.5, 0.6) is 0 Å². The van der Waals surface area contributed by atoms with Crippen LogP contribution in [0.4, 0.5) is 16.2 Å². The molecular weight excluding hydrogens is 412 g/mol. The zero-order chi connectivity index (χ0) is 22.7. The van der Waals surface area contributed by atoms with Crippen molar-refractivity contribution in [2.75, 3.05) is 29.9 Å². The minimum atomic E-state index is -0.903. The molecule has 2 aliphatic heterocycles. The van der Waals surface area contributed by atoms with Crippen molar-refractivity contribution in [1.82, 2.24) is 15.8 Å². The molecule has 5 amide bonds. The fourth-order valence-electron chi connectivity index (χ4n) is 4.79. The highest BCUT2D eigenvalue weighted by Gasteiger charge is 2.52. The number of carbonyl (C=O) groups is 4. The summed E-state index contributed by atoms with van der Waals surface area (Å²) in [6.45, 7) is 1.63. The Balaban J connectivity index is 1.38. The summed E-state index contributed by atoms with van der Waals surface area (Å²) in [4.78, 5) is 51.7. The average Bonchev–Trinajstić information content (AvgIpc) is 3.02. The zero-order valence-corrected chi connectivity index (χ0v) is 18.1. The van der Waals surface area contributed by atoms with Gasteiger partial charge in [0.05, 0.1) is 12.1 Å². The van der Waals surface area contributed by atoms with E-state index in [-0.39, 0.29) is 12.1 Å². The van der Waals surface area contributed by atoms with Crippen molar-refractivity contribution in [2.45, 2.75) is 56.9 Å².